The van der Waals surface area contributed by atoms with Crippen LogP contribution in [0.2, 0.25) is 0 Å². The average Bonchev–Trinajstić information content (AvgIpc) is 2.25. The highest BCUT2D eigenvalue weighted by Crippen LogP contribution is 2.28. The van der Waals surface area contributed by atoms with Gasteiger partial charge in [0.15, 0.2) is 0 Å². The summed E-state index contributed by atoms with van der Waals surface area (Å²) < 4.78 is 28.0. The van der Waals surface area contributed by atoms with Gasteiger partial charge in [-0.1, -0.05) is 0 Å². The summed E-state index contributed by atoms with van der Waals surface area (Å²) in [7, 11) is 1.52. The molecule has 0 saturated carbocycles. The zero-order chi connectivity index (χ0) is 14.6. The number of halogens is 1. The molecule has 0 bridgehead atoms. The predicted octanol–water partition coefficient (Wildman–Crippen LogP) is 2.47. The minimum atomic E-state index is -3.76. The van der Waals surface area contributed by atoms with E-state index < -0.39 is 15.0 Å². The fraction of sp³-hybridized carbons (Fsp3) is 0.417. The Morgan fingerprint density at radius 1 is 1.32 bits per heavy atom. The highest BCUT2D eigenvalue weighted by molar-refractivity contribution is 8.13. The van der Waals surface area contributed by atoms with Gasteiger partial charge in [-0.3, -0.25) is 4.79 Å². The zero-order valence-electron chi connectivity index (χ0n) is 10.6. The fourth-order valence-corrected chi connectivity index (χ4v) is 2.58. The molecular formula is C12H15ClO5S. The maximum atomic E-state index is 11.2. The third-order valence-corrected chi connectivity index (χ3v) is 3.83. The van der Waals surface area contributed by atoms with Gasteiger partial charge in [0.25, 0.3) is 9.05 Å². The summed E-state index contributed by atoms with van der Waals surface area (Å²) in [6.07, 6.45) is 0.427. The van der Waals surface area contributed by atoms with Gasteiger partial charge < -0.3 is 9.84 Å². The Labute approximate surface area is 116 Å². The summed E-state index contributed by atoms with van der Waals surface area (Å²) in [5, 5.41) is 8.51. The van der Waals surface area contributed by atoms with E-state index in [2.05, 4.69) is 0 Å². The van der Waals surface area contributed by atoms with Gasteiger partial charge in [-0.25, -0.2) is 8.42 Å². The number of carboxylic acids is 1. The summed E-state index contributed by atoms with van der Waals surface area (Å²) >= 11 is 0. The number of aliphatic carboxylic acids is 1. The van der Waals surface area contributed by atoms with Crippen molar-refractivity contribution >= 4 is 25.7 Å². The van der Waals surface area contributed by atoms with Crippen LogP contribution in [0.1, 0.15) is 24.0 Å². The fourth-order valence-electron chi connectivity index (χ4n) is 1.68. The second-order valence-electron chi connectivity index (χ2n) is 4.17. The van der Waals surface area contributed by atoms with E-state index in [1.165, 1.54) is 12.1 Å². The normalized spacial score (nSPS) is 11.3. The van der Waals surface area contributed by atoms with E-state index >= 15 is 0 Å². The first kappa shape index (κ1) is 15.8. The van der Waals surface area contributed by atoms with E-state index in [1.807, 2.05) is 0 Å². The monoisotopic (exact) mass is 306 g/mol. The van der Waals surface area contributed by atoms with Crippen molar-refractivity contribution in [3.05, 3.63) is 23.3 Å². The highest BCUT2D eigenvalue weighted by Gasteiger charge is 2.14. The van der Waals surface area contributed by atoms with Crippen LogP contribution in [-0.4, -0.2) is 26.1 Å². The maximum Gasteiger partial charge on any atom is 0.303 e. The van der Waals surface area contributed by atoms with Gasteiger partial charge in [0, 0.05) is 17.1 Å². The minimum Gasteiger partial charge on any atom is -0.493 e. The Hall–Kier alpha value is -1.27. The Morgan fingerprint density at radius 3 is 2.26 bits per heavy atom. The first-order valence-corrected chi connectivity index (χ1v) is 7.93. The minimum absolute atomic E-state index is 0.0297. The predicted molar refractivity (Wildman–Crippen MR) is 71.3 cm³/mol. The zero-order valence-corrected chi connectivity index (χ0v) is 12.2. The summed E-state index contributed by atoms with van der Waals surface area (Å²) in [5.41, 5.74) is 1.30. The van der Waals surface area contributed by atoms with Crippen LogP contribution >= 0.6 is 10.7 Å². The van der Waals surface area contributed by atoms with Gasteiger partial charge in [0.1, 0.15) is 5.75 Å². The van der Waals surface area contributed by atoms with Crippen LogP contribution in [0.3, 0.4) is 0 Å². The van der Waals surface area contributed by atoms with Crippen LogP contribution < -0.4 is 4.74 Å². The van der Waals surface area contributed by atoms with E-state index in [0.29, 0.717) is 23.3 Å². The topological polar surface area (TPSA) is 80.7 Å². The number of aryl methyl sites for hydroxylation is 2. The lowest BCUT2D eigenvalue weighted by Gasteiger charge is -2.12. The number of hydrogen-bond acceptors (Lipinski definition) is 4. The number of carbonyl (C=O) groups is 1. The van der Waals surface area contributed by atoms with Crippen LogP contribution in [0.15, 0.2) is 17.0 Å². The number of carboxylic acid groups (broad SMARTS) is 1. The molecule has 0 saturated heterocycles. The van der Waals surface area contributed by atoms with Crippen molar-refractivity contribution in [2.45, 2.75) is 31.6 Å². The van der Waals surface area contributed by atoms with Crippen molar-refractivity contribution < 1.29 is 23.1 Å². The largest absolute Gasteiger partial charge is 0.493 e. The van der Waals surface area contributed by atoms with Gasteiger partial charge in [0.2, 0.25) is 0 Å². The third kappa shape index (κ3) is 4.72. The van der Waals surface area contributed by atoms with Gasteiger partial charge in [-0.15, -0.1) is 0 Å². The molecule has 5 nitrogen and oxygen atoms in total. The van der Waals surface area contributed by atoms with Crippen LogP contribution in [0.25, 0.3) is 0 Å². The third-order valence-electron chi connectivity index (χ3n) is 2.50. The van der Waals surface area contributed by atoms with Crippen LogP contribution in [0.5, 0.6) is 5.75 Å². The smallest absolute Gasteiger partial charge is 0.303 e. The molecule has 0 aliphatic rings. The Morgan fingerprint density at radius 2 is 1.84 bits per heavy atom. The molecule has 0 aliphatic carbocycles. The maximum absolute atomic E-state index is 11.2. The number of benzene rings is 1. The van der Waals surface area contributed by atoms with E-state index in [4.69, 9.17) is 20.5 Å². The molecule has 0 aromatic heterocycles. The van der Waals surface area contributed by atoms with Crippen molar-refractivity contribution in [2.75, 3.05) is 6.61 Å². The molecule has 0 atom stereocenters. The van der Waals surface area contributed by atoms with Gasteiger partial charge in [-0.2, -0.15) is 0 Å². The molecule has 1 aromatic carbocycles. The quantitative estimate of drug-likeness (QED) is 0.645. The average molecular weight is 307 g/mol. The molecule has 1 rings (SSSR count). The van der Waals surface area contributed by atoms with Crippen LogP contribution in [0, 0.1) is 13.8 Å². The lowest BCUT2D eigenvalue weighted by Crippen LogP contribution is -2.05. The standard InChI is InChI=1S/C12H15ClO5S/c1-8-6-10(19(13,16)17)7-9(2)12(8)18-5-3-4-11(14)15/h6-7H,3-5H2,1-2H3,(H,14,15). The number of ether oxygens (including phenoxy) is 1. The SMILES string of the molecule is Cc1cc(S(=O)(=O)Cl)cc(C)c1OCCCC(=O)O. The van der Waals surface area contributed by atoms with Gasteiger partial charge in [-0.05, 0) is 43.5 Å². The number of hydrogen-bond donors (Lipinski definition) is 1. The Bertz CT molecular complexity index is 557. The summed E-state index contributed by atoms with van der Waals surface area (Å²) in [6, 6.07) is 2.86. The molecule has 0 fully saturated rings. The summed E-state index contributed by atoms with van der Waals surface area (Å²) in [6.45, 7) is 3.69. The molecule has 19 heavy (non-hydrogen) atoms. The lowest BCUT2D eigenvalue weighted by atomic mass is 10.1. The Kier molecular flexibility index (Phi) is 5.20. The second-order valence-corrected chi connectivity index (χ2v) is 6.74. The summed E-state index contributed by atoms with van der Waals surface area (Å²) in [4.78, 5) is 10.4. The molecule has 0 amide bonds. The van der Waals surface area contributed by atoms with E-state index in [-0.39, 0.29) is 17.9 Å². The van der Waals surface area contributed by atoms with Crippen LogP contribution in [-0.2, 0) is 13.8 Å². The number of rotatable bonds is 6. The molecule has 0 heterocycles. The van der Waals surface area contributed by atoms with Crippen molar-refractivity contribution in [1.29, 1.82) is 0 Å². The van der Waals surface area contributed by atoms with Crippen molar-refractivity contribution in [3.63, 3.8) is 0 Å². The molecule has 1 N–H and O–H groups in total. The highest BCUT2D eigenvalue weighted by atomic mass is 35.7. The first-order chi connectivity index (χ1) is 8.71. The Balaban J connectivity index is 2.83. The molecule has 0 aliphatic heterocycles. The van der Waals surface area contributed by atoms with Crippen molar-refractivity contribution in [2.24, 2.45) is 0 Å². The van der Waals surface area contributed by atoms with Crippen molar-refractivity contribution in [3.8, 4) is 5.75 Å². The molecule has 7 heteroatoms. The van der Waals surface area contributed by atoms with E-state index in [9.17, 15) is 13.2 Å². The van der Waals surface area contributed by atoms with E-state index in [1.54, 1.807) is 13.8 Å². The van der Waals surface area contributed by atoms with Crippen molar-refractivity contribution in [1.82, 2.24) is 0 Å². The second kappa shape index (κ2) is 6.25. The van der Waals surface area contributed by atoms with E-state index in [0.717, 1.165) is 0 Å². The van der Waals surface area contributed by atoms with Crippen LogP contribution in [0.4, 0.5) is 0 Å². The van der Waals surface area contributed by atoms with Gasteiger partial charge >= 0.3 is 5.97 Å². The molecule has 106 valence electrons. The molecule has 0 spiro atoms. The first-order valence-electron chi connectivity index (χ1n) is 5.62. The molecule has 1 aromatic rings. The molecular weight excluding hydrogens is 292 g/mol. The molecule has 0 radical (unpaired) electrons. The molecule has 0 unspecified atom stereocenters. The summed E-state index contributed by atoms with van der Waals surface area (Å²) in [5.74, 6) is -0.310. The van der Waals surface area contributed by atoms with Gasteiger partial charge in [0.05, 0.1) is 11.5 Å². The lowest BCUT2D eigenvalue weighted by molar-refractivity contribution is -0.137.